The standard InChI is InChI=1S/C26H27Cl2N5O4S2/c1-32(2)38(34,35)17-16-29-26(31-39(36,37)23-14-12-22(28)13-15-23)33-18-24(19-6-4-3-5-7-19)25(30-33)20-8-10-21(27)11-9-20/h3-15,24H,16-18H2,1-2H3,(H,29,31)/t24-/m1/s1. The van der Waals surface area contributed by atoms with Gasteiger partial charge in [-0.25, -0.2) is 35.9 Å². The Balaban J connectivity index is 1.74. The van der Waals surface area contributed by atoms with Crippen LogP contribution in [0.15, 0.2) is 93.9 Å². The highest BCUT2D eigenvalue weighted by Gasteiger charge is 2.33. The van der Waals surface area contributed by atoms with Crippen LogP contribution in [0, 0.1) is 0 Å². The number of hydrazone groups is 1. The van der Waals surface area contributed by atoms with E-state index in [0.717, 1.165) is 15.4 Å². The van der Waals surface area contributed by atoms with E-state index in [1.165, 1.54) is 43.4 Å². The van der Waals surface area contributed by atoms with Crippen LogP contribution >= 0.6 is 23.2 Å². The van der Waals surface area contributed by atoms with Gasteiger partial charge in [0.05, 0.1) is 29.4 Å². The van der Waals surface area contributed by atoms with Gasteiger partial charge in [0.1, 0.15) is 0 Å². The molecule has 0 amide bonds. The van der Waals surface area contributed by atoms with Gasteiger partial charge in [-0.05, 0) is 47.5 Å². The van der Waals surface area contributed by atoms with Crippen LogP contribution < -0.4 is 4.72 Å². The van der Waals surface area contributed by atoms with Crippen LogP contribution in [0.3, 0.4) is 0 Å². The molecule has 1 aliphatic rings. The molecule has 0 unspecified atom stereocenters. The molecular formula is C26H27Cl2N5O4S2. The summed E-state index contributed by atoms with van der Waals surface area (Å²) in [5.74, 6) is -0.623. The number of hydrogen-bond donors (Lipinski definition) is 1. The summed E-state index contributed by atoms with van der Waals surface area (Å²) in [6.07, 6.45) is 0. The molecule has 0 aliphatic carbocycles. The van der Waals surface area contributed by atoms with E-state index in [1.807, 2.05) is 42.5 Å². The SMILES string of the molecule is CN(C)S(=O)(=O)CCN=C(NS(=O)(=O)c1ccc(Cl)cc1)N1C[C@H](c2ccccc2)C(c2ccc(Cl)cc2)=N1. The molecule has 0 saturated heterocycles. The van der Waals surface area contributed by atoms with E-state index in [4.69, 9.17) is 28.3 Å². The minimum absolute atomic E-state index is 0.0266. The van der Waals surface area contributed by atoms with E-state index in [-0.39, 0.29) is 35.6 Å². The van der Waals surface area contributed by atoms with Gasteiger partial charge in [-0.3, -0.25) is 0 Å². The van der Waals surface area contributed by atoms with Gasteiger partial charge in [-0.1, -0.05) is 65.7 Å². The number of guanidine groups is 1. The van der Waals surface area contributed by atoms with Crippen molar-refractivity contribution in [2.45, 2.75) is 10.8 Å². The third-order valence-corrected chi connectivity index (χ3v) is 9.68. The summed E-state index contributed by atoms with van der Waals surface area (Å²) in [7, 11) is -4.80. The molecule has 3 aromatic rings. The second-order valence-corrected chi connectivity index (χ2v) is 13.8. The lowest BCUT2D eigenvalue weighted by molar-refractivity contribution is 0.461. The van der Waals surface area contributed by atoms with Crippen LogP contribution in [0.1, 0.15) is 17.0 Å². The van der Waals surface area contributed by atoms with Gasteiger partial charge in [-0.15, -0.1) is 0 Å². The summed E-state index contributed by atoms with van der Waals surface area (Å²) >= 11 is 12.0. The van der Waals surface area contributed by atoms with E-state index in [2.05, 4.69) is 9.71 Å². The second-order valence-electron chi connectivity index (χ2n) is 8.90. The Kier molecular flexibility index (Phi) is 8.97. The number of nitrogens with one attached hydrogen (secondary N) is 1. The Morgan fingerprint density at radius 2 is 1.54 bits per heavy atom. The highest BCUT2D eigenvalue weighted by atomic mass is 35.5. The monoisotopic (exact) mass is 607 g/mol. The average Bonchev–Trinajstić information content (AvgIpc) is 3.34. The first kappa shape index (κ1) is 29.0. The number of benzene rings is 3. The summed E-state index contributed by atoms with van der Waals surface area (Å²) in [6.45, 7) is 0.0850. The minimum Gasteiger partial charge on any atom is -0.250 e. The number of rotatable bonds is 8. The molecular weight excluding hydrogens is 581 g/mol. The minimum atomic E-state index is -4.09. The molecule has 9 nitrogen and oxygen atoms in total. The molecule has 1 N–H and O–H groups in total. The van der Waals surface area contributed by atoms with Crippen LogP contribution in [-0.2, 0) is 20.0 Å². The molecule has 0 fully saturated rings. The van der Waals surface area contributed by atoms with Crippen LogP contribution in [0.2, 0.25) is 10.0 Å². The summed E-state index contributed by atoms with van der Waals surface area (Å²) in [5, 5.41) is 7.17. The predicted octanol–water partition coefficient (Wildman–Crippen LogP) is 4.02. The highest BCUT2D eigenvalue weighted by molar-refractivity contribution is 7.90. The third kappa shape index (κ3) is 7.17. The zero-order chi connectivity index (χ0) is 28.2. The highest BCUT2D eigenvalue weighted by Crippen LogP contribution is 2.29. The maximum Gasteiger partial charge on any atom is 0.264 e. The van der Waals surface area contributed by atoms with Gasteiger partial charge in [0.25, 0.3) is 10.0 Å². The van der Waals surface area contributed by atoms with Gasteiger partial charge in [0.2, 0.25) is 16.0 Å². The number of hydrogen-bond acceptors (Lipinski definition) is 6. The maximum absolute atomic E-state index is 13.3. The lowest BCUT2D eigenvalue weighted by atomic mass is 9.91. The van der Waals surface area contributed by atoms with Crippen molar-refractivity contribution in [1.82, 2.24) is 14.0 Å². The fraction of sp³-hybridized carbons (Fsp3) is 0.231. The van der Waals surface area contributed by atoms with Crippen molar-refractivity contribution < 1.29 is 16.8 Å². The molecule has 0 aromatic heterocycles. The topological polar surface area (TPSA) is 112 Å². The van der Waals surface area contributed by atoms with E-state index < -0.39 is 20.0 Å². The fourth-order valence-corrected chi connectivity index (χ4v) is 5.83. The van der Waals surface area contributed by atoms with E-state index in [0.29, 0.717) is 15.8 Å². The molecule has 13 heteroatoms. The molecule has 39 heavy (non-hydrogen) atoms. The van der Waals surface area contributed by atoms with Gasteiger partial charge in [-0.2, -0.15) is 5.10 Å². The molecule has 0 spiro atoms. The van der Waals surface area contributed by atoms with Crippen LogP contribution in [-0.4, -0.2) is 70.8 Å². The lowest BCUT2D eigenvalue weighted by Gasteiger charge is -2.20. The van der Waals surface area contributed by atoms with Gasteiger partial charge >= 0.3 is 0 Å². The summed E-state index contributed by atoms with van der Waals surface area (Å²) in [5.41, 5.74) is 2.48. The first-order valence-corrected chi connectivity index (χ1v) is 15.7. The van der Waals surface area contributed by atoms with Crippen molar-refractivity contribution in [3.8, 4) is 0 Å². The first-order valence-electron chi connectivity index (χ1n) is 11.9. The molecule has 4 rings (SSSR count). The number of sulfonamides is 2. The van der Waals surface area contributed by atoms with Gasteiger partial charge in [0, 0.05) is 30.1 Å². The van der Waals surface area contributed by atoms with Crippen molar-refractivity contribution in [1.29, 1.82) is 0 Å². The third-order valence-electron chi connectivity index (χ3n) is 6.02. The molecule has 0 radical (unpaired) electrons. The smallest absolute Gasteiger partial charge is 0.250 e. The molecule has 206 valence electrons. The molecule has 0 saturated carbocycles. The van der Waals surface area contributed by atoms with Crippen LogP contribution in [0.4, 0.5) is 0 Å². The van der Waals surface area contributed by atoms with Gasteiger partial charge < -0.3 is 0 Å². The summed E-state index contributed by atoms with van der Waals surface area (Å²) in [6, 6.07) is 22.6. The predicted molar refractivity (Wildman–Crippen MR) is 155 cm³/mol. The average molecular weight is 609 g/mol. The number of halogens is 2. The normalized spacial score (nSPS) is 16.4. The zero-order valence-electron chi connectivity index (χ0n) is 21.2. The largest absolute Gasteiger partial charge is 0.264 e. The van der Waals surface area contributed by atoms with Gasteiger partial charge in [0.15, 0.2) is 0 Å². The Bertz CT molecular complexity index is 1580. The fourth-order valence-electron chi connectivity index (χ4n) is 3.87. The Labute approximate surface area is 238 Å². The zero-order valence-corrected chi connectivity index (χ0v) is 24.3. The van der Waals surface area contributed by atoms with Crippen molar-refractivity contribution in [3.63, 3.8) is 0 Å². The lowest BCUT2D eigenvalue weighted by Crippen LogP contribution is -2.41. The van der Waals surface area contributed by atoms with E-state index in [9.17, 15) is 16.8 Å². The number of aliphatic imine (C=N–C) groups is 1. The molecule has 0 bridgehead atoms. The van der Waals surface area contributed by atoms with Crippen LogP contribution in [0.25, 0.3) is 0 Å². The Morgan fingerprint density at radius 3 is 2.13 bits per heavy atom. The molecule has 1 atom stereocenters. The number of nitrogens with zero attached hydrogens (tertiary/aromatic N) is 4. The van der Waals surface area contributed by atoms with Crippen molar-refractivity contribution in [2.24, 2.45) is 10.1 Å². The maximum atomic E-state index is 13.3. The second kappa shape index (κ2) is 12.1. The first-order chi connectivity index (χ1) is 18.5. The Hall–Kier alpha value is -2.96. The molecule has 1 heterocycles. The quantitative estimate of drug-likeness (QED) is 0.307. The van der Waals surface area contributed by atoms with Crippen molar-refractivity contribution in [3.05, 3.63) is 100 Å². The molecule has 1 aliphatic heterocycles. The summed E-state index contributed by atoms with van der Waals surface area (Å²) in [4.78, 5) is 4.34. The molecule has 3 aromatic carbocycles. The Morgan fingerprint density at radius 1 is 0.949 bits per heavy atom. The van der Waals surface area contributed by atoms with Crippen molar-refractivity contribution in [2.75, 3.05) is 32.9 Å². The van der Waals surface area contributed by atoms with E-state index in [1.54, 1.807) is 12.1 Å². The van der Waals surface area contributed by atoms with E-state index >= 15 is 0 Å². The summed E-state index contributed by atoms with van der Waals surface area (Å²) < 4.78 is 54.8. The van der Waals surface area contributed by atoms with Crippen LogP contribution in [0.5, 0.6) is 0 Å². The van der Waals surface area contributed by atoms with Crippen molar-refractivity contribution >= 4 is 54.9 Å².